The molecule has 1 aliphatic heterocycles. The van der Waals surface area contributed by atoms with Crippen molar-refractivity contribution >= 4 is 29.6 Å². The van der Waals surface area contributed by atoms with Crippen molar-refractivity contribution < 1.29 is 0 Å². The predicted molar refractivity (Wildman–Crippen MR) is 167 cm³/mol. The number of thiol groups is 1. The minimum Gasteiger partial charge on any atom is -0.383 e. The van der Waals surface area contributed by atoms with E-state index >= 15 is 0 Å². The summed E-state index contributed by atoms with van der Waals surface area (Å²) in [6, 6.07) is 27.5. The maximum Gasteiger partial charge on any atom is 0.165 e. The molecule has 5 aromatic rings. The van der Waals surface area contributed by atoms with Crippen LogP contribution in [0.2, 0.25) is 0 Å². The molecule has 0 atom stereocenters. The number of benzene rings is 2. The molecule has 0 amide bonds. The van der Waals surface area contributed by atoms with Crippen LogP contribution in [-0.4, -0.2) is 55.8 Å². The zero-order valence-corrected chi connectivity index (χ0v) is 23.5. The Labute approximate surface area is 240 Å². The molecule has 8 heteroatoms. The standard InChI is InChI=1S/C32H35N7S/c33-30-27(8-4-17-35-30)31-37-29-14-13-28(24-6-2-1-3-7-24)36-32(29)39(31)26-11-9-23(10-12-26)22-38-19-15-25(16-20-38)34-18-5-21-40/h1-4,6-14,17,25,34,40H,5,15-16,18-22H2,(H2,33,35). The summed E-state index contributed by atoms with van der Waals surface area (Å²) in [5.41, 5.74) is 13.0. The normalized spacial score (nSPS) is 14.6. The molecule has 6 rings (SSSR count). The van der Waals surface area contributed by atoms with E-state index in [-0.39, 0.29) is 0 Å². The number of aromatic nitrogens is 4. The van der Waals surface area contributed by atoms with Crippen LogP contribution in [0.4, 0.5) is 5.82 Å². The van der Waals surface area contributed by atoms with Crippen LogP contribution in [0.15, 0.2) is 85.1 Å². The van der Waals surface area contributed by atoms with Crippen LogP contribution in [0.1, 0.15) is 24.8 Å². The Morgan fingerprint density at radius 2 is 1.70 bits per heavy atom. The smallest absolute Gasteiger partial charge is 0.165 e. The highest BCUT2D eigenvalue weighted by molar-refractivity contribution is 7.80. The Morgan fingerprint density at radius 1 is 0.900 bits per heavy atom. The number of imidazole rings is 1. The lowest BCUT2D eigenvalue weighted by atomic mass is 10.0. The molecule has 4 heterocycles. The molecule has 0 radical (unpaired) electrons. The summed E-state index contributed by atoms with van der Waals surface area (Å²) < 4.78 is 2.10. The summed E-state index contributed by atoms with van der Waals surface area (Å²) in [5, 5.41) is 3.68. The van der Waals surface area contributed by atoms with Gasteiger partial charge in [0.1, 0.15) is 11.3 Å². The number of piperidine rings is 1. The van der Waals surface area contributed by atoms with Crippen LogP contribution < -0.4 is 11.1 Å². The first-order chi connectivity index (χ1) is 19.7. The molecule has 1 fully saturated rings. The van der Waals surface area contributed by atoms with E-state index in [0.29, 0.717) is 11.9 Å². The lowest BCUT2D eigenvalue weighted by molar-refractivity contribution is 0.191. The Hall–Kier alpha value is -3.72. The number of likely N-dealkylation sites (tertiary alicyclic amines) is 1. The number of nitrogens with one attached hydrogen (secondary N) is 1. The zero-order chi connectivity index (χ0) is 27.3. The fourth-order valence-corrected chi connectivity index (χ4v) is 5.61. The molecule has 0 spiro atoms. The lowest BCUT2D eigenvalue weighted by Gasteiger charge is -2.32. The van der Waals surface area contributed by atoms with Crippen molar-refractivity contribution in [1.82, 2.24) is 29.7 Å². The molecule has 0 saturated carbocycles. The Kier molecular flexibility index (Phi) is 8.09. The highest BCUT2D eigenvalue weighted by Gasteiger charge is 2.20. The van der Waals surface area contributed by atoms with Crippen molar-refractivity contribution in [3.8, 4) is 28.3 Å². The fourth-order valence-electron chi connectivity index (χ4n) is 5.45. The molecule has 0 bridgehead atoms. The summed E-state index contributed by atoms with van der Waals surface area (Å²) in [5.74, 6) is 2.12. The van der Waals surface area contributed by atoms with Gasteiger partial charge in [-0.25, -0.2) is 15.0 Å². The van der Waals surface area contributed by atoms with Crippen LogP contribution >= 0.6 is 12.6 Å². The molecule has 7 nitrogen and oxygen atoms in total. The van der Waals surface area contributed by atoms with E-state index in [9.17, 15) is 0 Å². The predicted octanol–water partition coefficient (Wildman–Crippen LogP) is 5.61. The van der Waals surface area contributed by atoms with Gasteiger partial charge in [0.25, 0.3) is 0 Å². The minimum absolute atomic E-state index is 0.447. The third-order valence-electron chi connectivity index (χ3n) is 7.61. The van der Waals surface area contributed by atoms with Gasteiger partial charge in [-0.1, -0.05) is 42.5 Å². The maximum atomic E-state index is 6.32. The zero-order valence-electron chi connectivity index (χ0n) is 22.6. The van der Waals surface area contributed by atoms with Crippen molar-refractivity contribution in [2.75, 3.05) is 31.1 Å². The Bertz CT molecular complexity index is 1560. The highest BCUT2D eigenvalue weighted by Crippen LogP contribution is 2.32. The Balaban J connectivity index is 1.29. The molecule has 40 heavy (non-hydrogen) atoms. The summed E-state index contributed by atoms with van der Waals surface area (Å²) in [7, 11) is 0. The number of hydrogen-bond acceptors (Lipinski definition) is 7. The van der Waals surface area contributed by atoms with Crippen LogP contribution in [0.25, 0.3) is 39.5 Å². The number of pyridine rings is 2. The molecule has 0 unspecified atom stereocenters. The molecule has 2 aromatic carbocycles. The van der Waals surface area contributed by atoms with Gasteiger partial charge in [0.15, 0.2) is 11.5 Å². The fraction of sp³-hybridized carbons (Fsp3) is 0.281. The first kappa shape index (κ1) is 26.5. The summed E-state index contributed by atoms with van der Waals surface area (Å²) in [6.45, 7) is 4.24. The number of fused-ring (bicyclic) bond motifs is 1. The van der Waals surface area contributed by atoms with E-state index in [2.05, 4.69) is 68.8 Å². The number of nitrogens with zero attached hydrogens (tertiary/aromatic N) is 5. The summed E-state index contributed by atoms with van der Waals surface area (Å²) in [6.07, 6.45) is 5.21. The van der Waals surface area contributed by atoms with Crippen LogP contribution in [0.5, 0.6) is 0 Å². The van der Waals surface area contributed by atoms with E-state index in [4.69, 9.17) is 15.7 Å². The van der Waals surface area contributed by atoms with Gasteiger partial charge in [-0.05, 0) is 86.6 Å². The SMILES string of the molecule is Nc1ncccc1-c1nc2ccc(-c3ccccc3)nc2n1-c1ccc(CN2CCC(NCCCS)CC2)cc1. The molecule has 3 aromatic heterocycles. The van der Waals surface area contributed by atoms with Gasteiger partial charge in [-0.2, -0.15) is 12.6 Å². The van der Waals surface area contributed by atoms with Crippen molar-refractivity contribution in [2.45, 2.75) is 31.8 Å². The maximum absolute atomic E-state index is 6.32. The third kappa shape index (κ3) is 5.75. The van der Waals surface area contributed by atoms with Crippen LogP contribution in [0, 0.1) is 0 Å². The molecule has 1 aliphatic rings. The van der Waals surface area contributed by atoms with Gasteiger partial charge in [-0.15, -0.1) is 0 Å². The molecular weight excluding hydrogens is 514 g/mol. The van der Waals surface area contributed by atoms with E-state index in [0.717, 1.165) is 77.8 Å². The van der Waals surface area contributed by atoms with E-state index in [1.807, 2.05) is 42.5 Å². The topological polar surface area (TPSA) is 84.9 Å². The highest BCUT2D eigenvalue weighted by atomic mass is 32.1. The Morgan fingerprint density at radius 3 is 2.45 bits per heavy atom. The lowest BCUT2D eigenvalue weighted by Crippen LogP contribution is -2.42. The van der Waals surface area contributed by atoms with Gasteiger partial charge < -0.3 is 11.1 Å². The minimum atomic E-state index is 0.447. The number of hydrogen-bond donors (Lipinski definition) is 3. The third-order valence-corrected chi connectivity index (χ3v) is 7.93. The van der Waals surface area contributed by atoms with E-state index in [1.165, 1.54) is 18.4 Å². The second kappa shape index (κ2) is 12.2. The monoisotopic (exact) mass is 549 g/mol. The van der Waals surface area contributed by atoms with Gasteiger partial charge in [-0.3, -0.25) is 9.47 Å². The second-order valence-corrected chi connectivity index (χ2v) is 10.8. The summed E-state index contributed by atoms with van der Waals surface area (Å²) >= 11 is 4.32. The van der Waals surface area contributed by atoms with Gasteiger partial charge in [0, 0.05) is 30.0 Å². The first-order valence-corrected chi connectivity index (χ1v) is 14.6. The number of anilines is 1. The van der Waals surface area contributed by atoms with E-state index in [1.54, 1.807) is 6.20 Å². The number of nitrogen functional groups attached to an aromatic ring is 1. The molecule has 204 valence electrons. The average molecular weight is 550 g/mol. The molecule has 0 aliphatic carbocycles. The second-order valence-electron chi connectivity index (χ2n) is 10.4. The van der Waals surface area contributed by atoms with Crippen molar-refractivity contribution in [2.24, 2.45) is 0 Å². The number of nitrogens with two attached hydrogens (primary N) is 1. The van der Waals surface area contributed by atoms with Gasteiger partial charge >= 0.3 is 0 Å². The first-order valence-electron chi connectivity index (χ1n) is 14.0. The number of rotatable bonds is 9. The van der Waals surface area contributed by atoms with Gasteiger partial charge in [0.2, 0.25) is 0 Å². The molecule has 3 N–H and O–H groups in total. The quantitative estimate of drug-likeness (QED) is 0.164. The van der Waals surface area contributed by atoms with Crippen LogP contribution in [0.3, 0.4) is 0 Å². The van der Waals surface area contributed by atoms with Crippen molar-refractivity contribution in [3.63, 3.8) is 0 Å². The van der Waals surface area contributed by atoms with Crippen LogP contribution in [-0.2, 0) is 6.54 Å². The summed E-state index contributed by atoms with van der Waals surface area (Å²) in [4.78, 5) is 16.9. The van der Waals surface area contributed by atoms with Gasteiger partial charge in [0.05, 0.1) is 11.3 Å². The molecule has 1 saturated heterocycles. The van der Waals surface area contributed by atoms with Crippen molar-refractivity contribution in [3.05, 3.63) is 90.6 Å². The van der Waals surface area contributed by atoms with E-state index < -0.39 is 0 Å². The average Bonchev–Trinajstić information content (AvgIpc) is 3.38. The van der Waals surface area contributed by atoms with Crippen molar-refractivity contribution in [1.29, 1.82) is 0 Å². The molecular formula is C32H35N7S. The largest absolute Gasteiger partial charge is 0.383 e.